The average Bonchev–Trinajstić information content (AvgIpc) is 2.67. The molecule has 0 aliphatic heterocycles. The monoisotopic (exact) mass is 250 g/mol. The van der Waals surface area contributed by atoms with Crippen LogP contribution in [0.1, 0.15) is 61.6 Å². The van der Waals surface area contributed by atoms with E-state index in [1.54, 1.807) is 0 Å². The van der Waals surface area contributed by atoms with Gasteiger partial charge in [0.25, 0.3) is 0 Å². The van der Waals surface area contributed by atoms with E-state index in [2.05, 4.69) is 5.38 Å². The summed E-state index contributed by atoms with van der Waals surface area (Å²) in [5.41, 5.74) is 7.33. The number of hydrogen-bond acceptors (Lipinski definition) is 3. The molecule has 1 aromatic rings. The van der Waals surface area contributed by atoms with Crippen LogP contribution in [0.5, 0.6) is 0 Å². The molecule has 2 N–H and O–H groups in total. The Morgan fingerprint density at radius 3 is 2.59 bits per heavy atom. The van der Waals surface area contributed by atoms with Crippen LogP contribution in [0.4, 0.5) is 0 Å². The van der Waals surface area contributed by atoms with Crippen molar-refractivity contribution in [2.75, 3.05) is 0 Å². The normalized spacial score (nSPS) is 30.2. The third-order valence-electron chi connectivity index (χ3n) is 4.45. The van der Waals surface area contributed by atoms with E-state index >= 15 is 0 Å². The standard InChI is InChI=1S/C14H22N2S/c15-12-6-4-10(5-7-12)8-14-16-13(9-17-14)11-2-1-3-11/h9-12H,1-8,15H2. The summed E-state index contributed by atoms with van der Waals surface area (Å²) in [6, 6.07) is 0.466. The minimum absolute atomic E-state index is 0.466. The van der Waals surface area contributed by atoms with Crippen molar-refractivity contribution in [2.45, 2.75) is 63.3 Å². The van der Waals surface area contributed by atoms with Crippen molar-refractivity contribution in [2.24, 2.45) is 11.7 Å². The smallest absolute Gasteiger partial charge is 0.0931 e. The highest BCUT2D eigenvalue weighted by Gasteiger charge is 2.23. The van der Waals surface area contributed by atoms with Crippen LogP contribution in [-0.4, -0.2) is 11.0 Å². The summed E-state index contributed by atoms with van der Waals surface area (Å²) in [6.07, 6.45) is 10.4. The molecule has 3 heteroatoms. The fourth-order valence-electron chi connectivity index (χ4n) is 2.95. The summed E-state index contributed by atoms with van der Waals surface area (Å²) in [6.45, 7) is 0. The molecule has 0 spiro atoms. The van der Waals surface area contributed by atoms with Crippen molar-refractivity contribution in [3.8, 4) is 0 Å². The van der Waals surface area contributed by atoms with Crippen molar-refractivity contribution in [3.63, 3.8) is 0 Å². The summed E-state index contributed by atoms with van der Waals surface area (Å²) in [4.78, 5) is 4.83. The second-order valence-electron chi connectivity index (χ2n) is 5.78. The first-order valence-corrected chi connectivity index (χ1v) is 7.89. The minimum atomic E-state index is 0.466. The Labute approximate surface area is 108 Å². The molecule has 0 atom stereocenters. The molecule has 2 saturated carbocycles. The first-order valence-electron chi connectivity index (χ1n) is 7.01. The average molecular weight is 250 g/mol. The predicted molar refractivity (Wildman–Crippen MR) is 72.3 cm³/mol. The Hall–Kier alpha value is -0.410. The summed E-state index contributed by atoms with van der Waals surface area (Å²) in [5, 5.41) is 3.67. The zero-order valence-electron chi connectivity index (χ0n) is 10.4. The molecule has 0 bridgehead atoms. The first-order chi connectivity index (χ1) is 8.31. The van der Waals surface area contributed by atoms with E-state index in [1.807, 2.05) is 11.3 Å². The summed E-state index contributed by atoms with van der Waals surface area (Å²) in [7, 11) is 0. The lowest BCUT2D eigenvalue weighted by Crippen LogP contribution is -2.27. The number of hydrogen-bond donors (Lipinski definition) is 1. The SMILES string of the molecule is NC1CCC(Cc2nc(C3CCC3)cs2)CC1. The van der Waals surface area contributed by atoms with Gasteiger partial charge in [-0.25, -0.2) is 4.98 Å². The van der Waals surface area contributed by atoms with Crippen LogP contribution >= 0.6 is 11.3 Å². The van der Waals surface area contributed by atoms with Crippen LogP contribution in [0.15, 0.2) is 5.38 Å². The van der Waals surface area contributed by atoms with Crippen LogP contribution in [0, 0.1) is 5.92 Å². The van der Waals surface area contributed by atoms with E-state index in [0.717, 1.165) is 11.8 Å². The molecule has 0 saturated heterocycles. The highest BCUT2D eigenvalue weighted by Crippen LogP contribution is 2.37. The lowest BCUT2D eigenvalue weighted by Gasteiger charge is -2.25. The largest absolute Gasteiger partial charge is 0.328 e. The summed E-state index contributed by atoms with van der Waals surface area (Å²) in [5.74, 6) is 1.63. The molecule has 0 amide bonds. The molecule has 0 radical (unpaired) electrons. The fraction of sp³-hybridized carbons (Fsp3) is 0.786. The zero-order valence-corrected chi connectivity index (χ0v) is 11.2. The van der Waals surface area contributed by atoms with Gasteiger partial charge in [-0.1, -0.05) is 6.42 Å². The van der Waals surface area contributed by atoms with Gasteiger partial charge in [0.05, 0.1) is 10.7 Å². The van der Waals surface area contributed by atoms with Gasteiger partial charge >= 0.3 is 0 Å². The Bertz CT molecular complexity index is 362. The molecule has 2 aliphatic carbocycles. The third-order valence-corrected chi connectivity index (χ3v) is 5.34. The van der Waals surface area contributed by atoms with Gasteiger partial charge < -0.3 is 5.73 Å². The molecule has 1 heterocycles. The Morgan fingerprint density at radius 2 is 1.94 bits per heavy atom. The molecule has 17 heavy (non-hydrogen) atoms. The first kappa shape index (κ1) is 11.7. The Balaban J connectivity index is 1.55. The molecule has 2 aliphatic rings. The molecule has 3 rings (SSSR count). The van der Waals surface area contributed by atoms with E-state index in [1.165, 1.54) is 62.1 Å². The van der Waals surface area contributed by atoms with E-state index in [-0.39, 0.29) is 0 Å². The van der Waals surface area contributed by atoms with Crippen LogP contribution in [0.25, 0.3) is 0 Å². The van der Waals surface area contributed by atoms with Crippen LogP contribution in [0.2, 0.25) is 0 Å². The van der Waals surface area contributed by atoms with Crippen molar-refractivity contribution in [3.05, 3.63) is 16.1 Å². The molecule has 2 nitrogen and oxygen atoms in total. The quantitative estimate of drug-likeness (QED) is 0.892. The Kier molecular flexibility index (Phi) is 3.48. The van der Waals surface area contributed by atoms with Crippen molar-refractivity contribution >= 4 is 11.3 Å². The van der Waals surface area contributed by atoms with Gasteiger partial charge in [-0.05, 0) is 44.4 Å². The highest BCUT2D eigenvalue weighted by atomic mass is 32.1. The van der Waals surface area contributed by atoms with Gasteiger partial charge in [-0.15, -0.1) is 11.3 Å². The second-order valence-corrected chi connectivity index (χ2v) is 6.72. The molecular formula is C14H22N2S. The summed E-state index contributed by atoms with van der Waals surface area (Å²) >= 11 is 1.88. The zero-order chi connectivity index (χ0) is 11.7. The molecule has 0 unspecified atom stereocenters. The molecule has 0 aromatic carbocycles. The maximum atomic E-state index is 5.95. The number of thiazole rings is 1. The fourth-order valence-corrected chi connectivity index (χ4v) is 3.94. The van der Waals surface area contributed by atoms with Crippen LogP contribution in [0.3, 0.4) is 0 Å². The van der Waals surface area contributed by atoms with Crippen LogP contribution < -0.4 is 5.73 Å². The second kappa shape index (κ2) is 5.07. The minimum Gasteiger partial charge on any atom is -0.328 e. The number of rotatable bonds is 3. The van der Waals surface area contributed by atoms with Gasteiger partial charge in [0.15, 0.2) is 0 Å². The molecule has 94 valence electrons. The Morgan fingerprint density at radius 1 is 1.18 bits per heavy atom. The van der Waals surface area contributed by atoms with Gasteiger partial charge in [-0.2, -0.15) is 0 Å². The van der Waals surface area contributed by atoms with Crippen molar-refractivity contribution < 1.29 is 0 Å². The van der Waals surface area contributed by atoms with Gasteiger partial charge in [-0.3, -0.25) is 0 Å². The number of aromatic nitrogens is 1. The van der Waals surface area contributed by atoms with E-state index < -0.39 is 0 Å². The number of nitrogens with two attached hydrogens (primary N) is 1. The van der Waals surface area contributed by atoms with Crippen molar-refractivity contribution in [1.82, 2.24) is 4.98 Å². The molecule has 2 fully saturated rings. The lowest BCUT2D eigenvalue weighted by molar-refractivity contribution is 0.324. The maximum Gasteiger partial charge on any atom is 0.0931 e. The molecule has 1 aromatic heterocycles. The van der Waals surface area contributed by atoms with E-state index in [4.69, 9.17) is 10.7 Å². The van der Waals surface area contributed by atoms with Crippen LogP contribution in [-0.2, 0) is 6.42 Å². The topological polar surface area (TPSA) is 38.9 Å². The van der Waals surface area contributed by atoms with E-state index in [9.17, 15) is 0 Å². The number of nitrogens with zero attached hydrogens (tertiary/aromatic N) is 1. The van der Waals surface area contributed by atoms with Crippen molar-refractivity contribution in [1.29, 1.82) is 0 Å². The third kappa shape index (κ3) is 2.71. The molecular weight excluding hydrogens is 228 g/mol. The highest BCUT2D eigenvalue weighted by molar-refractivity contribution is 7.09. The predicted octanol–water partition coefficient (Wildman–Crippen LogP) is 3.47. The van der Waals surface area contributed by atoms with Gasteiger partial charge in [0.2, 0.25) is 0 Å². The lowest BCUT2D eigenvalue weighted by atomic mass is 9.83. The van der Waals surface area contributed by atoms with Gasteiger partial charge in [0.1, 0.15) is 0 Å². The maximum absolute atomic E-state index is 5.95. The van der Waals surface area contributed by atoms with Gasteiger partial charge in [0, 0.05) is 23.8 Å². The summed E-state index contributed by atoms with van der Waals surface area (Å²) < 4.78 is 0. The van der Waals surface area contributed by atoms with E-state index in [0.29, 0.717) is 6.04 Å².